The highest BCUT2D eigenvalue weighted by Gasteiger charge is 2.11. The molecule has 0 heterocycles. The van der Waals surface area contributed by atoms with Crippen molar-refractivity contribution in [1.29, 1.82) is 0 Å². The third-order valence-corrected chi connectivity index (χ3v) is 2.39. The van der Waals surface area contributed by atoms with Gasteiger partial charge in [-0.2, -0.15) is 0 Å². The molecule has 0 amide bonds. The van der Waals surface area contributed by atoms with Crippen LogP contribution in [0.25, 0.3) is 0 Å². The minimum atomic E-state index is -0.466. The summed E-state index contributed by atoms with van der Waals surface area (Å²) in [6, 6.07) is 4.62. The molecular formula is C11H11ClO4. The highest BCUT2D eigenvalue weighted by Crippen LogP contribution is 2.19. The fraction of sp³-hybridized carbons (Fsp3) is 0.273. The minimum Gasteiger partial charge on any atom is -0.469 e. The van der Waals surface area contributed by atoms with Gasteiger partial charge in [-0.3, -0.25) is 4.79 Å². The van der Waals surface area contributed by atoms with Crippen molar-refractivity contribution >= 4 is 23.5 Å². The van der Waals surface area contributed by atoms with E-state index in [-0.39, 0.29) is 12.4 Å². The molecule has 5 heteroatoms. The van der Waals surface area contributed by atoms with E-state index < -0.39 is 5.97 Å². The van der Waals surface area contributed by atoms with E-state index in [2.05, 4.69) is 9.47 Å². The fourth-order valence-electron chi connectivity index (χ4n) is 1.16. The molecule has 0 aromatic heterocycles. The van der Waals surface area contributed by atoms with Gasteiger partial charge in [0.2, 0.25) is 0 Å². The maximum absolute atomic E-state index is 11.2. The number of esters is 2. The van der Waals surface area contributed by atoms with E-state index in [1.807, 2.05) is 0 Å². The van der Waals surface area contributed by atoms with Gasteiger partial charge in [-0.15, -0.1) is 0 Å². The second-order valence-corrected chi connectivity index (χ2v) is 3.46. The van der Waals surface area contributed by atoms with Crippen LogP contribution >= 0.6 is 11.6 Å². The zero-order valence-corrected chi connectivity index (χ0v) is 9.71. The second kappa shape index (κ2) is 5.51. The minimum absolute atomic E-state index is 0.0801. The van der Waals surface area contributed by atoms with Crippen molar-refractivity contribution in [3.8, 4) is 0 Å². The van der Waals surface area contributed by atoms with Gasteiger partial charge in [0.15, 0.2) is 0 Å². The van der Waals surface area contributed by atoms with Gasteiger partial charge in [-0.05, 0) is 17.7 Å². The van der Waals surface area contributed by atoms with Crippen molar-refractivity contribution in [2.45, 2.75) is 6.42 Å². The Labute approximate surface area is 98.1 Å². The van der Waals surface area contributed by atoms with Crippen LogP contribution in [0.15, 0.2) is 18.2 Å². The first-order chi connectivity index (χ1) is 7.58. The van der Waals surface area contributed by atoms with Crippen molar-refractivity contribution in [2.75, 3.05) is 14.2 Å². The molecule has 0 saturated carbocycles. The molecule has 0 aliphatic heterocycles. The molecular weight excluding hydrogens is 232 g/mol. The summed E-state index contributed by atoms with van der Waals surface area (Å²) in [6.45, 7) is 0. The number of rotatable bonds is 3. The standard InChI is InChI=1S/C11H11ClO4/c1-15-10(13)6-7-3-4-8(5-9(7)12)11(14)16-2/h3-5H,6H2,1-2H3. The highest BCUT2D eigenvalue weighted by atomic mass is 35.5. The molecule has 0 saturated heterocycles. The number of halogens is 1. The zero-order valence-electron chi connectivity index (χ0n) is 8.95. The van der Waals surface area contributed by atoms with E-state index >= 15 is 0 Å². The summed E-state index contributed by atoms with van der Waals surface area (Å²) in [6.07, 6.45) is 0.0801. The van der Waals surface area contributed by atoms with Gasteiger partial charge in [0.05, 0.1) is 26.2 Å². The maximum Gasteiger partial charge on any atom is 0.337 e. The van der Waals surface area contributed by atoms with Crippen LogP contribution in [0.4, 0.5) is 0 Å². The smallest absolute Gasteiger partial charge is 0.337 e. The number of benzene rings is 1. The van der Waals surface area contributed by atoms with Crippen molar-refractivity contribution in [3.05, 3.63) is 34.3 Å². The molecule has 4 nitrogen and oxygen atoms in total. The van der Waals surface area contributed by atoms with E-state index in [9.17, 15) is 9.59 Å². The number of methoxy groups -OCH3 is 2. The molecule has 0 unspecified atom stereocenters. The van der Waals surface area contributed by atoms with Crippen LogP contribution in [-0.4, -0.2) is 26.2 Å². The summed E-state index contributed by atoms with van der Waals surface area (Å²) < 4.78 is 9.06. The van der Waals surface area contributed by atoms with E-state index in [4.69, 9.17) is 11.6 Å². The summed E-state index contributed by atoms with van der Waals surface area (Å²) in [4.78, 5) is 22.2. The first kappa shape index (κ1) is 12.5. The predicted molar refractivity (Wildman–Crippen MR) is 58.5 cm³/mol. The van der Waals surface area contributed by atoms with Crippen LogP contribution in [0.3, 0.4) is 0 Å². The second-order valence-electron chi connectivity index (χ2n) is 3.05. The quantitative estimate of drug-likeness (QED) is 0.759. The molecule has 1 aromatic carbocycles. The lowest BCUT2D eigenvalue weighted by Crippen LogP contribution is -2.06. The van der Waals surface area contributed by atoms with E-state index in [1.165, 1.54) is 20.3 Å². The number of hydrogen-bond donors (Lipinski definition) is 0. The molecule has 86 valence electrons. The van der Waals surface area contributed by atoms with Crippen molar-refractivity contribution < 1.29 is 19.1 Å². The van der Waals surface area contributed by atoms with E-state index in [0.717, 1.165) is 0 Å². The molecule has 0 aliphatic rings. The molecule has 16 heavy (non-hydrogen) atoms. The summed E-state index contributed by atoms with van der Waals surface area (Å²) in [5, 5.41) is 0.341. The third kappa shape index (κ3) is 2.97. The Morgan fingerprint density at radius 3 is 2.44 bits per heavy atom. The Kier molecular flexibility index (Phi) is 4.31. The monoisotopic (exact) mass is 242 g/mol. The zero-order chi connectivity index (χ0) is 12.1. The van der Waals surface area contributed by atoms with Crippen LogP contribution in [0.2, 0.25) is 5.02 Å². The summed E-state index contributed by atoms with van der Waals surface area (Å²) in [5.74, 6) is -0.848. The summed E-state index contributed by atoms with van der Waals surface area (Å²) in [5.41, 5.74) is 0.960. The van der Waals surface area contributed by atoms with Gasteiger partial charge in [-0.1, -0.05) is 17.7 Å². The van der Waals surface area contributed by atoms with Gasteiger partial charge < -0.3 is 9.47 Å². The van der Waals surface area contributed by atoms with Crippen molar-refractivity contribution in [3.63, 3.8) is 0 Å². The lowest BCUT2D eigenvalue weighted by atomic mass is 10.1. The molecule has 0 atom stereocenters. The van der Waals surface area contributed by atoms with Crippen LogP contribution in [0, 0.1) is 0 Å². The maximum atomic E-state index is 11.2. The van der Waals surface area contributed by atoms with Crippen LogP contribution in [0.5, 0.6) is 0 Å². The number of carbonyl (C=O) groups is 2. The Bertz CT molecular complexity index is 414. The van der Waals surface area contributed by atoms with Crippen molar-refractivity contribution in [2.24, 2.45) is 0 Å². The summed E-state index contributed by atoms with van der Waals surface area (Å²) in [7, 11) is 2.59. The predicted octanol–water partition coefficient (Wildman–Crippen LogP) is 1.84. The van der Waals surface area contributed by atoms with Crippen LogP contribution in [0.1, 0.15) is 15.9 Å². The van der Waals surface area contributed by atoms with E-state index in [1.54, 1.807) is 12.1 Å². The Morgan fingerprint density at radius 2 is 1.94 bits per heavy atom. The Hall–Kier alpha value is -1.55. The fourth-order valence-corrected chi connectivity index (χ4v) is 1.41. The van der Waals surface area contributed by atoms with Gasteiger partial charge >= 0.3 is 11.9 Å². The van der Waals surface area contributed by atoms with Crippen molar-refractivity contribution in [1.82, 2.24) is 0 Å². The third-order valence-electron chi connectivity index (χ3n) is 2.04. The van der Waals surface area contributed by atoms with Gasteiger partial charge in [0.1, 0.15) is 0 Å². The molecule has 0 fully saturated rings. The van der Waals surface area contributed by atoms with E-state index in [0.29, 0.717) is 16.1 Å². The highest BCUT2D eigenvalue weighted by molar-refractivity contribution is 6.31. The summed E-state index contributed by atoms with van der Waals surface area (Å²) >= 11 is 5.92. The number of hydrogen-bond acceptors (Lipinski definition) is 4. The Morgan fingerprint density at radius 1 is 1.25 bits per heavy atom. The Balaban J connectivity index is 2.91. The molecule has 0 N–H and O–H groups in total. The van der Waals surface area contributed by atoms with Gasteiger partial charge in [-0.25, -0.2) is 4.79 Å². The SMILES string of the molecule is COC(=O)Cc1ccc(C(=O)OC)cc1Cl. The largest absolute Gasteiger partial charge is 0.469 e. The molecule has 0 spiro atoms. The molecule has 0 bridgehead atoms. The molecule has 0 aliphatic carbocycles. The normalized spacial score (nSPS) is 9.69. The lowest BCUT2D eigenvalue weighted by molar-refractivity contribution is -0.139. The average molecular weight is 243 g/mol. The van der Waals surface area contributed by atoms with Gasteiger partial charge in [0, 0.05) is 5.02 Å². The number of ether oxygens (including phenoxy) is 2. The van der Waals surface area contributed by atoms with Gasteiger partial charge in [0.25, 0.3) is 0 Å². The molecule has 1 rings (SSSR count). The first-order valence-corrected chi connectivity index (χ1v) is 4.90. The molecule has 1 aromatic rings. The average Bonchev–Trinajstić information content (AvgIpc) is 2.30. The molecule has 0 radical (unpaired) electrons. The lowest BCUT2D eigenvalue weighted by Gasteiger charge is -2.05. The first-order valence-electron chi connectivity index (χ1n) is 4.52. The topological polar surface area (TPSA) is 52.6 Å². The van der Waals surface area contributed by atoms with Crippen LogP contribution < -0.4 is 0 Å². The van der Waals surface area contributed by atoms with Crippen LogP contribution in [-0.2, 0) is 20.7 Å². The number of carbonyl (C=O) groups excluding carboxylic acids is 2.